The van der Waals surface area contributed by atoms with Gasteiger partial charge in [-0.1, -0.05) is 11.6 Å². The van der Waals surface area contributed by atoms with Gasteiger partial charge in [0.1, 0.15) is 5.70 Å². The van der Waals surface area contributed by atoms with Crippen LogP contribution in [0.4, 0.5) is 5.69 Å². The third-order valence-electron chi connectivity index (χ3n) is 2.71. The van der Waals surface area contributed by atoms with E-state index in [1.807, 2.05) is 0 Å². The van der Waals surface area contributed by atoms with Crippen molar-refractivity contribution in [1.82, 2.24) is 0 Å². The number of hydrogen-bond acceptors (Lipinski definition) is 7. The molecule has 1 rings (SSSR count). The lowest BCUT2D eigenvalue weighted by Crippen LogP contribution is -2.32. The van der Waals surface area contributed by atoms with Crippen LogP contribution in [0.2, 0.25) is 0 Å². The van der Waals surface area contributed by atoms with Crippen LogP contribution >= 0.6 is 0 Å². The third-order valence-corrected chi connectivity index (χ3v) is 2.71. The average Bonchev–Trinajstić information content (AvgIpc) is 2.46. The lowest BCUT2D eigenvalue weighted by molar-refractivity contribution is -0.138. The summed E-state index contributed by atoms with van der Waals surface area (Å²) in [7, 11) is 0.713. The van der Waals surface area contributed by atoms with Crippen LogP contribution in [0, 0.1) is 6.92 Å². The molecule has 0 radical (unpaired) electrons. The second-order valence-corrected chi connectivity index (χ2v) is 4.14. The Morgan fingerprint density at radius 1 is 1.24 bits per heavy atom. The number of rotatable bonds is 5. The maximum absolute atomic E-state index is 11.6. The van der Waals surface area contributed by atoms with Gasteiger partial charge in [0, 0.05) is 5.69 Å². The summed E-state index contributed by atoms with van der Waals surface area (Å²) in [6.07, 6.45) is 0.945. The van der Waals surface area contributed by atoms with E-state index in [2.05, 4.69) is 14.8 Å². The first-order valence-corrected chi connectivity index (χ1v) is 6.00. The molecule has 0 aliphatic carbocycles. The largest absolute Gasteiger partial charge is 0.488 e. The van der Waals surface area contributed by atoms with Crippen molar-refractivity contribution in [3.63, 3.8) is 0 Å². The van der Waals surface area contributed by atoms with Crippen molar-refractivity contribution < 1.29 is 29.1 Å². The molecule has 0 fully saturated rings. The fourth-order valence-corrected chi connectivity index (χ4v) is 1.58. The van der Waals surface area contributed by atoms with Gasteiger partial charge in [-0.05, 0) is 24.5 Å². The van der Waals surface area contributed by atoms with E-state index in [1.54, 1.807) is 19.1 Å². The Balaban J connectivity index is 3.09. The predicted molar refractivity (Wildman–Crippen MR) is 76.7 cm³/mol. The van der Waals surface area contributed by atoms with E-state index in [1.165, 1.54) is 20.3 Å². The molecule has 7 nitrogen and oxygen atoms in total. The SMILES string of the molecule is COC(=O)/C=C(/Nc1ccc(C)c(B(O)O)c1)C(=O)OC. The van der Waals surface area contributed by atoms with E-state index in [0.29, 0.717) is 11.3 Å². The molecule has 0 bridgehead atoms. The molecule has 0 aromatic heterocycles. The second-order valence-electron chi connectivity index (χ2n) is 4.14. The molecule has 1 aromatic rings. The van der Waals surface area contributed by atoms with Gasteiger partial charge in [0.15, 0.2) is 0 Å². The molecule has 0 unspecified atom stereocenters. The summed E-state index contributed by atoms with van der Waals surface area (Å²) >= 11 is 0. The highest BCUT2D eigenvalue weighted by Crippen LogP contribution is 2.12. The standard InChI is InChI=1S/C13H16BNO6/c1-8-4-5-9(6-10(8)14(18)19)15-11(13(17)21-3)7-12(16)20-2/h4-7,15,18-19H,1-3H3/b11-7+. The minimum Gasteiger partial charge on any atom is -0.466 e. The summed E-state index contributed by atoms with van der Waals surface area (Å²) in [5.41, 5.74) is 1.21. The number of benzene rings is 1. The lowest BCUT2D eigenvalue weighted by atomic mass is 9.77. The fraction of sp³-hybridized carbons (Fsp3) is 0.231. The summed E-state index contributed by atoms with van der Waals surface area (Å²) in [6, 6.07) is 4.72. The molecule has 0 aliphatic rings. The summed E-state index contributed by atoms with van der Waals surface area (Å²) in [5.74, 6) is -1.48. The number of hydrogen-bond donors (Lipinski definition) is 3. The maximum Gasteiger partial charge on any atom is 0.488 e. The van der Waals surface area contributed by atoms with Crippen LogP contribution in [-0.4, -0.2) is 43.3 Å². The smallest absolute Gasteiger partial charge is 0.466 e. The van der Waals surface area contributed by atoms with Gasteiger partial charge in [0.2, 0.25) is 0 Å². The lowest BCUT2D eigenvalue weighted by Gasteiger charge is -2.12. The van der Waals surface area contributed by atoms with Crippen molar-refractivity contribution in [2.24, 2.45) is 0 Å². The Hall–Kier alpha value is -2.32. The molecule has 0 saturated carbocycles. The van der Waals surface area contributed by atoms with Crippen LogP contribution in [0.5, 0.6) is 0 Å². The summed E-state index contributed by atoms with van der Waals surface area (Å²) in [4.78, 5) is 22.8. The van der Waals surface area contributed by atoms with Crippen molar-refractivity contribution >= 4 is 30.2 Å². The molecule has 112 valence electrons. The molecular weight excluding hydrogens is 277 g/mol. The van der Waals surface area contributed by atoms with Gasteiger partial charge < -0.3 is 24.8 Å². The average molecular weight is 293 g/mol. The minimum absolute atomic E-state index is 0.133. The monoisotopic (exact) mass is 293 g/mol. The summed E-state index contributed by atoms with van der Waals surface area (Å²) in [5, 5.41) is 21.2. The van der Waals surface area contributed by atoms with Crippen molar-refractivity contribution in [2.75, 3.05) is 19.5 Å². The van der Waals surface area contributed by atoms with E-state index in [0.717, 1.165) is 6.08 Å². The van der Waals surface area contributed by atoms with E-state index >= 15 is 0 Å². The zero-order valence-corrected chi connectivity index (χ0v) is 11.9. The minimum atomic E-state index is -1.64. The van der Waals surface area contributed by atoms with Crippen LogP contribution in [0.1, 0.15) is 5.56 Å². The van der Waals surface area contributed by atoms with Gasteiger partial charge in [-0.25, -0.2) is 9.59 Å². The Labute approximate surface area is 122 Å². The van der Waals surface area contributed by atoms with Gasteiger partial charge in [-0.3, -0.25) is 0 Å². The van der Waals surface area contributed by atoms with Gasteiger partial charge in [0.05, 0.1) is 20.3 Å². The summed E-state index contributed by atoms with van der Waals surface area (Å²) < 4.78 is 9.01. The maximum atomic E-state index is 11.6. The molecule has 3 N–H and O–H groups in total. The van der Waals surface area contributed by atoms with Gasteiger partial charge in [-0.15, -0.1) is 0 Å². The number of methoxy groups -OCH3 is 2. The first-order chi connectivity index (χ1) is 9.88. The van der Waals surface area contributed by atoms with Crippen LogP contribution in [0.3, 0.4) is 0 Å². The molecular formula is C13H16BNO6. The number of aryl methyl sites for hydroxylation is 1. The predicted octanol–water partition coefficient (Wildman–Crippen LogP) is -0.683. The number of nitrogens with one attached hydrogen (secondary N) is 1. The number of esters is 2. The highest BCUT2D eigenvalue weighted by molar-refractivity contribution is 6.59. The van der Waals surface area contributed by atoms with Crippen molar-refractivity contribution in [3.05, 3.63) is 35.5 Å². The zero-order valence-electron chi connectivity index (χ0n) is 11.9. The molecule has 21 heavy (non-hydrogen) atoms. The van der Waals surface area contributed by atoms with Crippen LogP contribution in [0.15, 0.2) is 30.0 Å². The van der Waals surface area contributed by atoms with Crippen molar-refractivity contribution in [1.29, 1.82) is 0 Å². The Bertz CT molecular complexity index is 570. The molecule has 0 amide bonds. The Morgan fingerprint density at radius 3 is 2.43 bits per heavy atom. The van der Waals surface area contributed by atoms with Crippen molar-refractivity contribution in [2.45, 2.75) is 6.92 Å². The fourth-order valence-electron chi connectivity index (χ4n) is 1.58. The normalized spacial score (nSPS) is 10.8. The third kappa shape index (κ3) is 4.62. The van der Waals surface area contributed by atoms with Gasteiger partial charge in [0.25, 0.3) is 0 Å². The van der Waals surface area contributed by atoms with Crippen LogP contribution in [0.25, 0.3) is 0 Å². The summed E-state index contributed by atoms with van der Waals surface area (Å²) in [6.45, 7) is 1.71. The molecule has 0 heterocycles. The van der Waals surface area contributed by atoms with Gasteiger partial charge >= 0.3 is 19.1 Å². The number of ether oxygens (including phenoxy) is 2. The van der Waals surface area contributed by atoms with Crippen LogP contribution < -0.4 is 10.8 Å². The molecule has 0 saturated heterocycles. The highest BCUT2D eigenvalue weighted by atomic mass is 16.5. The zero-order chi connectivity index (χ0) is 16.0. The Morgan fingerprint density at radius 2 is 1.90 bits per heavy atom. The molecule has 0 atom stereocenters. The first kappa shape index (κ1) is 16.7. The van der Waals surface area contributed by atoms with E-state index < -0.39 is 19.1 Å². The molecule has 1 aromatic carbocycles. The molecule has 0 spiro atoms. The number of anilines is 1. The quantitative estimate of drug-likeness (QED) is 0.375. The van der Waals surface area contributed by atoms with Crippen molar-refractivity contribution in [3.8, 4) is 0 Å². The highest BCUT2D eigenvalue weighted by Gasteiger charge is 2.17. The number of carbonyl (C=O) groups is 2. The van der Waals surface area contributed by atoms with E-state index in [4.69, 9.17) is 0 Å². The van der Waals surface area contributed by atoms with Gasteiger partial charge in [-0.2, -0.15) is 0 Å². The van der Waals surface area contributed by atoms with E-state index in [9.17, 15) is 19.6 Å². The molecule has 0 aliphatic heterocycles. The first-order valence-electron chi connectivity index (χ1n) is 6.00. The van der Waals surface area contributed by atoms with E-state index in [-0.39, 0.29) is 11.2 Å². The topological polar surface area (TPSA) is 105 Å². The van der Waals surface area contributed by atoms with Crippen LogP contribution in [-0.2, 0) is 19.1 Å². The second kappa shape index (κ2) is 7.46. The number of carbonyl (C=O) groups excluding carboxylic acids is 2. The molecule has 8 heteroatoms. The Kier molecular flexibility index (Phi) is 5.95.